The monoisotopic (exact) mass is 340 g/mol. The van der Waals surface area contributed by atoms with Crippen LogP contribution in [-0.2, 0) is 11.3 Å². The maximum Gasteiger partial charge on any atom is 0.230 e. The van der Waals surface area contributed by atoms with Crippen LogP contribution in [0, 0.1) is 6.92 Å². The average Bonchev–Trinajstić information content (AvgIpc) is 3.10. The first-order valence-corrected chi connectivity index (χ1v) is 8.92. The molecule has 24 heavy (non-hydrogen) atoms. The van der Waals surface area contributed by atoms with Crippen LogP contribution >= 0.6 is 11.8 Å². The van der Waals surface area contributed by atoms with Crippen LogP contribution in [0.25, 0.3) is 10.9 Å². The molecule has 0 aliphatic carbocycles. The molecule has 0 fully saturated rings. The van der Waals surface area contributed by atoms with E-state index in [1.54, 1.807) is 12.5 Å². The Hall–Kier alpha value is -2.34. The van der Waals surface area contributed by atoms with Crippen molar-refractivity contribution in [1.29, 1.82) is 0 Å². The summed E-state index contributed by atoms with van der Waals surface area (Å²) >= 11 is 1.47. The van der Waals surface area contributed by atoms with Crippen LogP contribution in [0.2, 0.25) is 0 Å². The maximum atomic E-state index is 11.9. The summed E-state index contributed by atoms with van der Waals surface area (Å²) in [6.07, 6.45) is 6.35. The lowest BCUT2D eigenvalue weighted by atomic mass is 10.1. The number of carbonyl (C=O) groups excluding carboxylic acids is 1. The number of pyridine rings is 1. The Morgan fingerprint density at radius 1 is 1.33 bits per heavy atom. The molecule has 1 N–H and O–H groups in total. The third-order valence-corrected chi connectivity index (χ3v) is 4.64. The molecule has 2 heterocycles. The first-order valence-electron chi connectivity index (χ1n) is 7.94. The van der Waals surface area contributed by atoms with Gasteiger partial charge in [0.25, 0.3) is 0 Å². The molecule has 0 radical (unpaired) electrons. The normalized spacial score (nSPS) is 10.9. The predicted octanol–water partition coefficient (Wildman–Crippen LogP) is 3.04. The Bertz CT molecular complexity index is 817. The highest BCUT2D eigenvalue weighted by Crippen LogP contribution is 2.23. The highest BCUT2D eigenvalue weighted by Gasteiger charge is 2.06. The van der Waals surface area contributed by atoms with Gasteiger partial charge in [-0.3, -0.25) is 4.79 Å². The van der Waals surface area contributed by atoms with Gasteiger partial charge in [-0.05, 0) is 31.0 Å². The van der Waals surface area contributed by atoms with Gasteiger partial charge in [0.2, 0.25) is 5.91 Å². The molecular weight excluding hydrogens is 320 g/mol. The van der Waals surface area contributed by atoms with Crippen LogP contribution in [0.3, 0.4) is 0 Å². The van der Waals surface area contributed by atoms with Crippen LogP contribution < -0.4 is 5.32 Å². The molecule has 3 rings (SSSR count). The van der Waals surface area contributed by atoms with Crippen LogP contribution in [0.15, 0.2) is 54.1 Å². The van der Waals surface area contributed by atoms with Gasteiger partial charge >= 0.3 is 0 Å². The second-order valence-corrected chi connectivity index (χ2v) is 6.58. The van der Waals surface area contributed by atoms with E-state index in [1.807, 2.05) is 35.0 Å². The second-order valence-electron chi connectivity index (χ2n) is 5.59. The van der Waals surface area contributed by atoms with E-state index < -0.39 is 0 Å². The van der Waals surface area contributed by atoms with E-state index in [4.69, 9.17) is 0 Å². The number of aromatic nitrogens is 3. The number of fused-ring (bicyclic) bond motifs is 1. The topological polar surface area (TPSA) is 59.8 Å². The summed E-state index contributed by atoms with van der Waals surface area (Å²) in [6, 6.07) is 10.1. The quantitative estimate of drug-likeness (QED) is 0.530. The Morgan fingerprint density at radius 2 is 2.21 bits per heavy atom. The second kappa shape index (κ2) is 7.97. The standard InChI is InChI=1S/C18H20N4OS/c1-14-11-18(21-16-6-3-2-5-15(14)16)24-12-17(23)20-7-4-9-22-10-8-19-13-22/h2-3,5-6,8,10-11,13H,4,7,9,12H2,1H3,(H,20,23). The molecule has 0 spiro atoms. The van der Waals surface area contributed by atoms with E-state index in [0.717, 1.165) is 28.9 Å². The van der Waals surface area contributed by atoms with Crippen LogP contribution in [0.5, 0.6) is 0 Å². The molecule has 0 saturated carbocycles. The van der Waals surface area contributed by atoms with E-state index in [0.29, 0.717) is 12.3 Å². The summed E-state index contributed by atoms with van der Waals surface area (Å²) in [4.78, 5) is 20.6. The van der Waals surface area contributed by atoms with Gasteiger partial charge in [0.15, 0.2) is 0 Å². The van der Waals surface area contributed by atoms with Gasteiger partial charge in [-0.15, -0.1) is 0 Å². The summed E-state index contributed by atoms with van der Waals surface area (Å²) in [7, 11) is 0. The van der Waals surface area contributed by atoms with Gasteiger partial charge in [0.05, 0.1) is 22.6 Å². The van der Waals surface area contributed by atoms with E-state index >= 15 is 0 Å². The van der Waals surface area contributed by atoms with E-state index in [1.165, 1.54) is 17.3 Å². The number of hydrogen-bond donors (Lipinski definition) is 1. The number of benzene rings is 1. The van der Waals surface area contributed by atoms with Gasteiger partial charge in [0, 0.05) is 30.9 Å². The SMILES string of the molecule is Cc1cc(SCC(=O)NCCCn2ccnc2)nc2ccccc12. The lowest BCUT2D eigenvalue weighted by molar-refractivity contribution is -0.118. The number of carbonyl (C=O) groups is 1. The van der Waals surface area contributed by atoms with Crippen LogP contribution in [0.4, 0.5) is 0 Å². The smallest absolute Gasteiger partial charge is 0.230 e. The minimum absolute atomic E-state index is 0.0400. The molecule has 0 bridgehead atoms. The zero-order valence-corrected chi connectivity index (χ0v) is 14.4. The Labute approximate surface area is 145 Å². The van der Waals surface area contributed by atoms with Crippen molar-refractivity contribution in [2.24, 2.45) is 0 Å². The average molecular weight is 340 g/mol. The number of rotatable bonds is 7. The molecule has 1 amide bonds. The fourth-order valence-electron chi connectivity index (χ4n) is 2.49. The predicted molar refractivity (Wildman–Crippen MR) is 97.1 cm³/mol. The zero-order chi connectivity index (χ0) is 16.8. The molecule has 0 atom stereocenters. The molecular formula is C18H20N4OS. The molecule has 124 valence electrons. The van der Waals surface area contributed by atoms with Crippen LogP contribution in [-0.4, -0.2) is 32.7 Å². The minimum atomic E-state index is 0.0400. The molecule has 0 saturated heterocycles. The maximum absolute atomic E-state index is 11.9. The van der Waals surface area contributed by atoms with Crippen molar-refractivity contribution in [3.05, 3.63) is 54.6 Å². The first kappa shape index (κ1) is 16.5. The Morgan fingerprint density at radius 3 is 3.04 bits per heavy atom. The van der Waals surface area contributed by atoms with Crippen molar-refractivity contribution in [3.63, 3.8) is 0 Å². The Kier molecular flexibility index (Phi) is 5.48. The molecule has 1 aromatic carbocycles. The fraction of sp³-hybridized carbons (Fsp3) is 0.278. The van der Waals surface area contributed by atoms with E-state index in [-0.39, 0.29) is 5.91 Å². The zero-order valence-electron chi connectivity index (χ0n) is 13.6. The van der Waals surface area contributed by atoms with Crippen molar-refractivity contribution < 1.29 is 4.79 Å². The van der Waals surface area contributed by atoms with E-state index in [2.05, 4.69) is 28.3 Å². The molecule has 0 unspecified atom stereocenters. The lowest BCUT2D eigenvalue weighted by Gasteiger charge is -2.07. The highest BCUT2D eigenvalue weighted by molar-refractivity contribution is 7.99. The largest absolute Gasteiger partial charge is 0.355 e. The fourth-order valence-corrected chi connectivity index (χ4v) is 3.30. The number of amides is 1. The number of aryl methyl sites for hydroxylation is 2. The minimum Gasteiger partial charge on any atom is -0.355 e. The summed E-state index contributed by atoms with van der Waals surface area (Å²) in [5, 5.41) is 4.99. The molecule has 2 aromatic heterocycles. The number of para-hydroxylation sites is 1. The molecule has 0 aliphatic heterocycles. The first-order chi connectivity index (χ1) is 11.7. The summed E-state index contributed by atoms with van der Waals surface area (Å²) in [6.45, 7) is 3.60. The van der Waals surface area contributed by atoms with Gasteiger partial charge in [-0.1, -0.05) is 30.0 Å². The Balaban J connectivity index is 1.46. The van der Waals surface area contributed by atoms with Crippen molar-refractivity contribution in [1.82, 2.24) is 19.9 Å². The highest BCUT2D eigenvalue weighted by atomic mass is 32.2. The third kappa shape index (κ3) is 4.35. The molecule has 3 aromatic rings. The lowest BCUT2D eigenvalue weighted by Crippen LogP contribution is -2.26. The molecule has 6 heteroatoms. The third-order valence-electron chi connectivity index (χ3n) is 3.73. The number of thioether (sulfide) groups is 1. The summed E-state index contributed by atoms with van der Waals surface area (Å²) in [5.74, 6) is 0.425. The van der Waals surface area contributed by atoms with Crippen molar-refractivity contribution >= 4 is 28.6 Å². The van der Waals surface area contributed by atoms with Gasteiger partial charge < -0.3 is 9.88 Å². The summed E-state index contributed by atoms with van der Waals surface area (Å²) in [5.41, 5.74) is 2.16. The van der Waals surface area contributed by atoms with Crippen molar-refractivity contribution in [3.8, 4) is 0 Å². The van der Waals surface area contributed by atoms with Gasteiger partial charge in [0.1, 0.15) is 0 Å². The van der Waals surface area contributed by atoms with Gasteiger partial charge in [-0.2, -0.15) is 0 Å². The van der Waals surface area contributed by atoms with Gasteiger partial charge in [-0.25, -0.2) is 9.97 Å². The van der Waals surface area contributed by atoms with Crippen molar-refractivity contribution in [2.45, 2.75) is 24.9 Å². The van der Waals surface area contributed by atoms with Crippen molar-refractivity contribution in [2.75, 3.05) is 12.3 Å². The molecule has 5 nitrogen and oxygen atoms in total. The summed E-state index contributed by atoms with van der Waals surface area (Å²) < 4.78 is 2.00. The number of nitrogens with zero attached hydrogens (tertiary/aromatic N) is 3. The van der Waals surface area contributed by atoms with Crippen LogP contribution in [0.1, 0.15) is 12.0 Å². The number of imidazole rings is 1. The number of nitrogens with one attached hydrogen (secondary N) is 1. The van der Waals surface area contributed by atoms with E-state index in [9.17, 15) is 4.79 Å². The number of hydrogen-bond acceptors (Lipinski definition) is 4. The molecule has 0 aliphatic rings.